The highest BCUT2D eigenvalue weighted by molar-refractivity contribution is 5.48. The second-order valence-electron chi connectivity index (χ2n) is 4.78. The molecule has 1 aromatic carbocycles. The summed E-state index contributed by atoms with van der Waals surface area (Å²) in [5.74, 6) is 0.536. The minimum Gasteiger partial charge on any atom is -0.492 e. The van der Waals surface area contributed by atoms with Gasteiger partial charge in [-0.25, -0.2) is 0 Å². The van der Waals surface area contributed by atoms with Crippen molar-refractivity contribution < 1.29 is 9.66 Å². The van der Waals surface area contributed by atoms with Crippen molar-refractivity contribution in [2.45, 2.75) is 26.2 Å². The standard InChI is InChI=1S/C13H14N2O3/c1-10-11(15(16)17)3-2-4-12(10)18-9-13(5-6-13)7-8-14/h2-4H,5-7,9H2,1H3. The number of nitro groups is 1. The molecule has 1 aliphatic rings. The van der Waals surface area contributed by atoms with Crippen molar-refractivity contribution in [3.05, 3.63) is 33.9 Å². The average Bonchev–Trinajstić information content (AvgIpc) is 3.08. The number of ether oxygens (including phenoxy) is 1. The molecular weight excluding hydrogens is 232 g/mol. The van der Waals surface area contributed by atoms with E-state index in [0.717, 1.165) is 12.8 Å². The van der Waals surface area contributed by atoms with Crippen molar-refractivity contribution in [1.82, 2.24) is 0 Å². The molecule has 1 aliphatic carbocycles. The third-order valence-corrected chi connectivity index (χ3v) is 3.40. The molecular formula is C13H14N2O3. The Morgan fingerprint density at radius 1 is 1.56 bits per heavy atom. The first-order chi connectivity index (χ1) is 8.58. The predicted molar refractivity (Wildman–Crippen MR) is 65.2 cm³/mol. The van der Waals surface area contributed by atoms with Crippen LogP contribution in [0.1, 0.15) is 24.8 Å². The summed E-state index contributed by atoms with van der Waals surface area (Å²) < 4.78 is 5.65. The fourth-order valence-corrected chi connectivity index (χ4v) is 1.90. The van der Waals surface area contributed by atoms with Crippen LogP contribution in [0.4, 0.5) is 5.69 Å². The van der Waals surface area contributed by atoms with Gasteiger partial charge in [-0.3, -0.25) is 10.1 Å². The zero-order valence-electron chi connectivity index (χ0n) is 10.2. The fraction of sp³-hybridized carbons (Fsp3) is 0.462. The molecule has 94 valence electrons. The largest absolute Gasteiger partial charge is 0.492 e. The lowest BCUT2D eigenvalue weighted by Crippen LogP contribution is -2.13. The Balaban J connectivity index is 2.09. The van der Waals surface area contributed by atoms with E-state index in [4.69, 9.17) is 10.00 Å². The normalized spacial score (nSPS) is 15.8. The Hall–Kier alpha value is -2.09. The van der Waals surface area contributed by atoms with Crippen LogP contribution in [-0.2, 0) is 0 Å². The van der Waals surface area contributed by atoms with Crippen LogP contribution in [0.2, 0.25) is 0 Å². The number of benzene rings is 1. The molecule has 0 saturated heterocycles. The van der Waals surface area contributed by atoms with Gasteiger partial charge in [0, 0.05) is 17.9 Å². The molecule has 0 heterocycles. The number of rotatable bonds is 5. The third-order valence-electron chi connectivity index (χ3n) is 3.40. The highest BCUT2D eigenvalue weighted by Gasteiger charge is 2.43. The van der Waals surface area contributed by atoms with Crippen LogP contribution in [0.25, 0.3) is 0 Å². The van der Waals surface area contributed by atoms with Gasteiger partial charge < -0.3 is 4.74 Å². The van der Waals surface area contributed by atoms with Crippen molar-refractivity contribution >= 4 is 5.69 Å². The minimum absolute atomic E-state index is 0.0220. The molecule has 0 spiro atoms. The summed E-state index contributed by atoms with van der Waals surface area (Å²) in [6.45, 7) is 2.14. The molecule has 2 rings (SSSR count). The highest BCUT2D eigenvalue weighted by Crippen LogP contribution is 2.48. The van der Waals surface area contributed by atoms with Gasteiger partial charge in [0.05, 0.1) is 23.2 Å². The van der Waals surface area contributed by atoms with Gasteiger partial charge in [-0.05, 0) is 25.8 Å². The summed E-state index contributed by atoms with van der Waals surface area (Å²) in [6, 6.07) is 6.97. The lowest BCUT2D eigenvalue weighted by molar-refractivity contribution is -0.385. The Kier molecular flexibility index (Phi) is 3.19. The molecule has 0 bridgehead atoms. The molecule has 1 fully saturated rings. The Bertz CT molecular complexity index is 515. The van der Waals surface area contributed by atoms with Crippen molar-refractivity contribution in [1.29, 1.82) is 5.26 Å². The first kappa shape index (κ1) is 12.4. The van der Waals surface area contributed by atoms with Crippen LogP contribution < -0.4 is 4.74 Å². The van der Waals surface area contributed by atoms with Crippen LogP contribution >= 0.6 is 0 Å². The van der Waals surface area contributed by atoms with E-state index < -0.39 is 4.92 Å². The maximum Gasteiger partial charge on any atom is 0.276 e. The molecule has 1 aromatic rings. The van der Waals surface area contributed by atoms with Crippen molar-refractivity contribution in [3.63, 3.8) is 0 Å². The Labute approximate surface area is 105 Å². The second kappa shape index (κ2) is 4.65. The SMILES string of the molecule is Cc1c(OCC2(CC#N)CC2)cccc1[N+](=O)[O-]. The maximum absolute atomic E-state index is 10.8. The number of nitrogens with zero attached hydrogens (tertiary/aromatic N) is 2. The number of nitro benzene ring substituents is 1. The van der Waals surface area contributed by atoms with E-state index in [1.54, 1.807) is 19.1 Å². The van der Waals surface area contributed by atoms with E-state index in [0.29, 0.717) is 24.3 Å². The molecule has 5 heteroatoms. The first-order valence-corrected chi connectivity index (χ1v) is 5.82. The summed E-state index contributed by atoms with van der Waals surface area (Å²) in [5, 5.41) is 19.5. The summed E-state index contributed by atoms with van der Waals surface area (Å²) in [4.78, 5) is 10.4. The van der Waals surface area contributed by atoms with Crippen molar-refractivity contribution in [2.24, 2.45) is 5.41 Å². The third kappa shape index (κ3) is 2.43. The molecule has 0 amide bonds. The average molecular weight is 246 g/mol. The summed E-state index contributed by atoms with van der Waals surface area (Å²) in [5.41, 5.74) is 0.583. The van der Waals surface area contributed by atoms with Gasteiger partial charge in [0.1, 0.15) is 5.75 Å². The van der Waals surface area contributed by atoms with E-state index in [2.05, 4.69) is 6.07 Å². The highest BCUT2D eigenvalue weighted by atomic mass is 16.6. The summed E-state index contributed by atoms with van der Waals surface area (Å²) in [7, 11) is 0. The first-order valence-electron chi connectivity index (χ1n) is 5.82. The second-order valence-corrected chi connectivity index (χ2v) is 4.78. The van der Waals surface area contributed by atoms with Gasteiger partial charge in [-0.1, -0.05) is 6.07 Å². The fourth-order valence-electron chi connectivity index (χ4n) is 1.90. The molecule has 5 nitrogen and oxygen atoms in total. The van der Waals surface area contributed by atoms with Gasteiger partial charge in [0.25, 0.3) is 5.69 Å². The lowest BCUT2D eigenvalue weighted by Gasteiger charge is -2.14. The summed E-state index contributed by atoms with van der Waals surface area (Å²) in [6.07, 6.45) is 2.48. The molecule has 0 atom stereocenters. The van der Waals surface area contributed by atoms with E-state index in [-0.39, 0.29) is 11.1 Å². The maximum atomic E-state index is 10.8. The van der Waals surface area contributed by atoms with Crippen LogP contribution in [0, 0.1) is 33.8 Å². The van der Waals surface area contributed by atoms with Gasteiger partial charge in [0.2, 0.25) is 0 Å². The predicted octanol–water partition coefficient (Wildman–Crippen LogP) is 2.98. The molecule has 0 aliphatic heterocycles. The zero-order valence-corrected chi connectivity index (χ0v) is 10.2. The Morgan fingerprint density at radius 2 is 2.28 bits per heavy atom. The quantitative estimate of drug-likeness (QED) is 0.591. The minimum atomic E-state index is -0.412. The number of nitriles is 1. The van der Waals surface area contributed by atoms with E-state index in [1.807, 2.05) is 0 Å². The molecule has 0 N–H and O–H groups in total. The number of hydrogen-bond donors (Lipinski definition) is 0. The van der Waals surface area contributed by atoms with E-state index in [1.165, 1.54) is 6.07 Å². The smallest absolute Gasteiger partial charge is 0.276 e. The van der Waals surface area contributed by atoms with Crippen LogP contribution in [0.3, 0.4) is 0 Å². The number of hydrogen-bond acceptors (Lipinski definition) is 4. The van der Waals surface area contributed by atoms with Gasteiger partial charge in [-0.2, -0.15) is 5.26 Å². The van der Waals surface area contributed by atoms with E-state index >= 15 is 0 Å². The van der Waals surface area contributed by atoms with E-state index in [9.17, 15) is 10.1 Å². The van der Waals surface area contributed by atoms with Crippen molar-refractivity contribution in [2.75, 3.05) is 6.61 Å². The molecule has 0 aromatic heterocycles. The zero-order chi connectivity index (χ0) is 13.2. The lowest BCUT2D eigenvalue weighted by atomic mass is 10.1. The van der Waals surface area contributed by atoms with Crippen molar-refractivity contribution in [3.8, 4) is 11.8 Å². The summed E-state index contributed by atoms with van der Waals surface area (Å²) >= 11 is 0. The Morgan fingerprint density at radius 3 is 2.83 bits per heavy atom. The monoisotopic (exact) mass is 246 g/mol. The van der Waals surface area contributed by atoms with Gasteiger partial charge in [0.15, 0.2) is 0 Å². The van der Waals surface area contributed by atoms with Crippen LogP contribution in [0.5, 0.6) is 5.75 Å². The van der Waals surface area contributed by atoms with Crippen LogP contribution in [0.15, 0.2) is 18.2 Å². The topological polar surface area (TPSA) is 76.2 Å². The molecule has 18 heavy (non-hydrogen) atoms. The van der Waals surface area contributed by atoms with Crippen LogP contribution in [-0.4, -0.2) is 11.5 Å². The van der Waals surface area contributed by atoms with Gasteiger partial charge >= 0.3 is 0 Å². The molecule has 1 saturated carbocycles. The van der Waals surface area contributed by atoms with Gasteiger partial charge in [-0.15, -0.1) is 0 Å². The molecule has 0 radical (unpaired) electrons. The molecule has 0 unspecified atom stereocenters.